The van der Waals surface area contributed by atoms with Crippen LogP contribution in [0, 0.1) is 0 Å². The second kappa shape index (κ2) is 5.54. The molecule has 0 saturated carbocycles. The van der Waals surface area contributed by atoms with Crippen molar-refractivity contribution in [3.05, 3.63) is 29.8 Å². The summed E-state index contributed by atoms with van der Waals surface area (Å²) < 4.78 is 0. The summed E-state index contributed by atoms with van der Waals surface area (Å²) >= 11 is 0. The molecule has 0 aliphatic heterocycles. The average molecular weight is 235 g/mol. The Labute approximate surface area is 105 Å². The quantitative estimate of drug-likeness (QED) is 0.845. The standard InChI is InChI=1S/C15H25NO/c1-6-15(3,4)16(5)12(2)11-13-7-9-14(17)10-8-13/h7-10,12,17H,6,11H2,1-5H3. The van der Waals surface area contributed by atoms with Gasteiger partial charge >= 0.3 is 0 Å². The first-order valence-corrected chi connectivity index (χ1v) is 6.37. The van der Waals surface area contributed by atoms with E-state index in [1.54, 1.807) is 12.1 Å². The van der Waals surface area contributed by atoms with Gasteiger partial charge in [-0.2, -0.15) is 0 Å². The Bertz CT molecular complexity index is 342. The summed E-state index contributed by atoms with van der Waals surface area (Å²) in [5, 5.41) is 9.26. The largest absolute Gasteiger partial charge is 0.508 e. The highest BCUT2D eigenvalue weighted by atomic mass is 16.3. The van der Waals surface area contributed by atoms with Gasteiger partial charge in [0.1, 0.15) is 5.75 Å². The van der Waals surface area contributed by atoms with Crippen LogP contribution in [0.3, 0.4) is 0 Å². The summed E-state index contributed by atoms with van der Waals surface area (Å²) in [7, 11) is 2.19. The molecule has 1 N–H and O–H groups in total. The molecule has 0 saturated heterocycles. The number of hydrogen-bond donors (Lipinski definition) is 1. The molecule has 1 unspecified atom stereocenters. The van der Waals surface area contributed by atoms with Crippen molar-refractivity contribution in [2.75, 3.05) is 7.05 Å². The lowest BCUT2D eigenvalue weighted by atomic mass is 9.96. The molecule has 1 aromatic rings. The molecule has 17 heavy (non-hydrogen) atoms. The molecule has 96 valence electrons. The summed E-state index contributed by atoms with van der Waals surface area (Å²) in [4.78, 5) is 2.43. The molecule has 0 aromatic heterocycles. The third-order valence-corrected chi connectivity index (χ3v) is 3.95. The Hall–Kier alpha value is -1.02. The van der Waals surface area contributed by atoms with Crippen molar-refractivity contribution in [3.63, 3.8) is 0 Å². The molecule has 0 heterocycles. The molecule has 0 aliphatic carbocycles. The zero-order valence-electron chi connectivity index (χ0n) is 11.7. The van der Waals surface area contributed by atoms with Crippen LogP contribution in [-0.2, 0) is 6.42 Å². The van der Waals surface area contributed by atoms with Crippen LogP contribution in [0.1, 0.15) is 39.7 Å². The van der Waals surface area contributed by atoms with Crippen molar-refractivity contribution >= 4 is 0 Å². The predicted octanol–water partition coefficient (Wildman–Crippen LogP) is 3.44. The number of phenols is 1. The van der Waals surface area contributed by atoms with Crippen LogP contribution < -0.4 is 0 Å². The van der Waals surface area contributed by atoms with Crippen molar-refractivity contribution in [1.29, 1.82) is 0 Å². The number of aromatic hydroxyl groups is 1. The second-order valence-corrected chi connectivity index (χ2v) is 5.50. The van der Waals surface area contributed by atoms with E-state index in [1.807, 2.05) is 12.1 Å². The average Bonchev–Trinajstić information content (AvgIpc) is 2.31. The maximum atomic E-state index is 9.26. The van der Waals surface area contributed by atoms with E-state index in [4.69, 9.17) is 0 Å². The third kappa shape index (κ3) is 3.74. The van der Waals surface area contributed by atoms with Crippen molar-refractivity contribution < 1.29 is 5.11 Å². The molecule has 0 spiro atoms. The maximum absolute atomic E-state index is 9.26. The van der Waals surface area contributed by atoms with E-state index >= 15 is 0 Å². The summed E-state index contributed by atoms with van der Waals surface area (Å²) in [5.41, 5.74) is 1.50. The zero-order valence-corrected chi connectivity index (χ0v) is 11.7. The first kappa shape index (κ1) is 14.0. The Morgan fingerprint density at radius 1 is 1.24 bits per heavy atom. The fourth-order valence-corrected chi connectivity index (χ4v) is 1.96. The fraction of sp³-hybridized carbons (Fsp3) is 0.600. The van der Waals surface area contributed by atoms with Crippen LogP contribution in [0.15, 0.2) is 24.3 Å². The molecule has 2 heteroatoms. The Balaban J connectivity index is 2.66. The number of benzene rings is 1. The number of rotatable bonds is 5. The number of phenolic OH excluding ortho intramolecular Hbond substituents is 1. The second-order valence-electron chi connectivity index (χ2n) is 5.50. The van der Waals surface area contributed by atoms with Crippen molar-refractivity contribution in [3.8, 4) is 5.75 Å². The molecule has 2 nitrogen and oxygen atoms in total. The van der Waals surface area contributed by atoms with E-state index in [2.05, 4.69) is 39.6 Å². The molecule has 0 amide bonds. The first-order chi connectivity index (χ1) is 7.86. The van der Waals surface area contributed by atoms with E-state index in [0.717, 1.165) is 12.8 Å². The summed E-state index contributed by atoms with van der Waals surface area (Å²) in [6.45, 7) is 9.04. The van der Waals surface area contributed by atoms with E-state index < -0.39 is 0 Å². The van der Waals surface area contributed by atoms with Gasteiger partial charge in [-0.05, 0) is 58.4 Å². The molecule has 0 aliphatic rings. The van der Waals surface area contributed by atoms with E-state index in [0.29, 0.717) is 11.8 Å². The van der Waals surface area contributed by atoms with Crippen LogP contribution in [0.2, 0.25) is 0 Å². The normalized spacial score (nSPS) is 14.0. The van der Waals surface area contributed by atoms with E-state index in [1.165, 1.54) is 5.56 Å². The van der Waals surface area contributed by atoms with E-state index in [-0.39, 0.29) is 5.54 Å². The number of likely N-dealkylation sites (N-methyl/N-ethyl adjacent to an activating group) is 1. The lowest BCUT2D eigenvalue weighted by Gasteiger charge is -2.39. The zero-order chi connectivity index (χ0) is 13.1. The highest BCUT2D eigenvalue weighted by molar-refractivity contribution is 5.26. The van der Waals surface area contributed by atoms with Gasteiger partial charge in [0, 0.05) is 11.6 Å². The smallest absolute Gasteiger partial charge is 0.115 e. The van der Waals surface area contributed by atoms with Crippen LogP contribution >= 0.6 is 0 Å². The molecule has 1 rings (SSSR count). The number of nitrogens with zero attached hydrogens (tertiary/aromatic N) is 1. The predicted molar refractivity (Wildman–Crippen MR) is 73.4 cm³/mol. The Morgan fingerprint density at radius 2 is 1.76 bits per heavy atom. The molecule has 0 radical (unpaired) electrons. The molecule has 1 atom stereocenters. The summed E-state index contributed by atoms with van der Waals surface area (Å²) in [6, 6.07) is 8.01. The minimum Gasteiger partial charge on any atom is -0.508 e. The summed E-state index contributed by atoms with van der Waals surface area (Å²) in [6.07, 6.45) is 2.16. The van der Waals surface area contributed by atoms with Gasteiger partial charge in [-0.1, -0.05) is 19.1 Å². The first-order valence-electron chi connectivity index (χ1n) is 6.37. The SMILES string of the molecule is CCC(C)(C)N(C)C(C)Cc1ccc(O)cc1. The molecular formula is C15H25NO. The molecule has 1 aromatic carbocycles. The Kier molecular flexibility index (Phi) is 4.58. The minimum atomic E-state index is 0.232. The third-order valence-electron chi connectivity index (χ3n) is 3.95. The van der Waals surface area contributed by atoms with Gasteiger partial charge in [0.05, 0.1) is 0 Å². The van der Waals surface area contributed by atoms with Gasteiger partial charge in [0.2, 0.25) is 0 Å². The summed E-state index contributed by atoms with van der Waals surface area (Å²) in [5.74, 6) is 0.337. The van der Waals surface area contributed by atoms with Crippen molar-refractivity contribution in [2.45, 2.75) is 52.1 Å². The maximum Gasteiger partial charge on any atom is 0.115 e. The van der Waals surface area contributed by atoms with Crippen LogP contribution in [0.4, 0.5) is 0 Å². The van der Waals surface area contributed by atoms with Crippen LogP contribution in [-0.4, -0.2) is 28.6 Å². The van der Waals surface area contributed by atoms with E-state index in [9.17, 15) is 5.11 Å². The van der Waals surface area contributed by atoms with Gasteiger partial charge in [-0.25, -0.2) is 0 Å². The Morgan fingerprint density at radius 3 is 2.24 bits per heavy atom. The molecule has 0 fully saturated rings. The lowest BCUT2D eigenvalue weighted by Crippen LogP contribution is -2.46. The van der Waals surface area contributed by atoms with Crippen molar-refractivity contribution in [1.82, 2.24) is 4.90 Å². The van der Waals surface area contributed by atoms with Gasteiger partial charge < -0.3 is 5.11 Å². The van der Waals surface area contributed by atoms with Crippen LogP contribution in [0.5, 0.6) is 5.75 Å². The van der Waals surface area contributed by atoms with Gasteiger partial charge in [-0.3, -0.25) is 4.90 Å². The lowest BCUT2D eigenvalue weighted by molar-refractivity contribution is 0.106. The minimum absolute atomic E-state index is 0.232. The molecular weight excluding hydrogens is 210 g/mol. The van der Waals surface area contributed by atoms with Gasteiger partial charge in [0.25, 0.3) is 0 Å². The highest BCUT2D eigenvalue weighted by Crippen LogP contribution is 2.21. The van der Waals surface area contributed by atoms with Gasteiger partial charge in [0.15, 0.2) is 0 Å². The fourth-order valence-electron chi connectivity index (χ4n) is 1.96. The van der Waals surface area contributed by atoms with Crippen molar-refractivity contribution in [2.24, 2.45) is 0 Å². The van der Waals surface area contributed by atoms with Gasteiger partial charge in [-0.15, -0.1) is 0 Å². The monoisotopic (exact) mass is 235 g/mol. The number of hydrogen-bond acceptors (Lipinski definition) is 2. The topological polar surface area (TPSA) is 23.5 Å². The molecule has 0 bridgehead atoms. The highest BCUT2D eigenvalue weighted by Gasteiger charge is 2.25. The van der Waals surface area contributed by atoms with Crippen LogP contribution in [0.25, 0.3) is 0 Å².